The van der Waals surface area contributed by atoms with E-state index in [2.05, 4.69) is 0 Å². The summed E-state index contributed by atoms with van der Waals surface area (Å²) < 4.78 is 0. The molecule has 1 fully saturated rings. The molecule has 1 aliphatic rings. The van der Waals surface area contributed by atoms with Crippen molar-refractivity contribution in [2.45, 2.75) is 38.3 Å². The number of aldehydes is 1. The minimum absolute atomic E-state index is 0.0625. The predicted molar refractivity (Wildman–Crippen MR) is 43.0 cm³/mol. The van der Waals surface area contributed by atoms with Crippen LogP contribution in [-0.4, -0.2) is 34.5 Å². The molecule has 2 unspecified atom stereocenters. The second kappa shape index (κ2) is 3.56. The number of carboxylic acid groups (broad SMARTS) is 1. The molecule has 0 aromatic heterocycles. The Morgan fingerprint density at radius 2 is 2.33 bits per heavy atom. The van der Waals surface area contributed by atoms with Gasteiger partial charge in [0.2, 0.25) is 0 Å². The standard InChI is InChI=1S/C8H13NO3/c1-6-2-3-7(4-5-10)9(6)8(11)12/h5-7H,2-4H2,1H3,(H,11,12). The molecule has 1 amide bonds. The van der Waals surface area contributed by atoms with Gasteiger partial charge in [0.05, 0.1) is 0 Å². The first-order valence-electron chi connectivity index (χ1n) is 4.11. The Morgan fingerprint density at radius 1 is 1.67 bits per heavy atom. The van der Waals surface area contributed by atoms with Gasteiger partial charge in [-0.05, 0) is 19.8 Å². The van der Waals surface area contributed by atoms with E-state index in [-0.39, 0.29) is 12.1 Å². The highest BCUT2D eigenvalue weighted by Gasteiger charge is 2.33. The fourth-order valence-electron chi connectivity index (χ4n) is 1.76. The molecule has 1 N–H and O–H groups in total. The molecule has 4 nitrogen and oxygen atoms in total. The molecule has 1 heterocycles. The van der Waals surface area contributed by atoms with Crippen LogP contribution in [0.3, 0.4) is 0 Å². The lowest BCUT2D eigenvalue weighted by molar-refractivity contribution is -0.108. The van der Waals surface area contributed by atoms with Crippen molar-refractivity contribution in [3.63, 3.8) is 0 Å². The highest BCUT2D eigenvalue weighted by Crippen LogP contribution is 2.25. The molecule has 1 aliphatic heterocycles. The third-order valence-corrected chi connectivity index (χ3v) is 2.38. The normalized spacial score (nSPS) is 28.9. The number of hydrogen-bond acceptors (Lipinski definition) is 2. The lowest BCUT2D eigenvalue weighted by atomic mass is 10.1. The van der Waals surface area contributed by atoms with E-state index in [0.717, 1.165) is 19.1 Å². The number of likely N-dealkylation sites (tertiary alicyclic amines) is 1. The highest BCUT2D eigenvalue weighted by molar-refractivity contribution is 5.67. The van der Waals surface area contributed by atoms with Crippen molar-refractivity contribution >= 4 is 12.4 Å². The lowest BCUT2D eigenvalue weighted by Gasteiger charge is -2.23. The third-order valence-electron chi connectivity index (χ3n) is 2.38. The van der Waals surface area contributed by atoms with Gasteiger partial charge < -0.3 is 14.8 Å². The molecule has 1 rings (SSSR count). The summed E-state index contributed by atoms with van der Waals surface area (Å²) in [6.45, 7) is 1.87. The quantitative estimate of drug-likeness (QED) is 0.633. The van der Waals surface area contributed by atoms with Crippen molar-refractivity contribution in [3.8, 4) is 0 Å². The van der Waals surface area contributed by atoms with Crippen LogP contribution < -0.4 is 0 Å². The summed E-state index contributed by atoms with van der Waals surface area (Å²) >= 11 is 0. The van der Waals surface area contributed by atoms with E-state index in [1.807, 2.05) is 6.92 Å². The van der Waals surface area contributed by atoms with Gasteiger partial charge in [-0.3, -0.25) is 0 Å². The van der Waals surface area contributed by atoms with Gasteiger partial charge in [0.25, 0.3) is 0 Å². The number of carbonyl (C=O) groups excluding carboxylic acids is 1. The molecule has 1 saturated heterocycles. The Balaban J connectivity index is 2.63. The third kappa shape index (κ3) is 1.57. The molecule has 0 aromatic rings. The minimum Gasteiger partial charge on any atom is -0.465 e. The van der Waals surface area contributed by atoms with Gasteiger partial charge in [0.1, 0.15) is 6.29 Å². The zero-order valence-electron chi connectivity index (χ0n) is 7.06. The van der Waals surface area contributed by atoms with Crippen molar-refractivity contribution < 1.29 is 14.7 Å². The summed E-state index contributed by atoms with van der Waals surface area (Å²) in [4.78, 5) is 22.3. The maximum Gasteiger partial charge on any atom is 0.407 e. The van der Waals surface area contributed by atoms with Crippen molar-refractivity contribution in [3.05, 3.63) is 0 Å². The van der Waals surface area contributed by atoms with E-state index >= 15 is 0 Å². The van der Waals surface area contributed by atoms with Crippen LogP contribution in [-0.2, 0) is 4.79 Å². The van der Waals surface area contributed by atoms with Crippen LogP contribution in [0, 0.1) is 0 Å². The Morgan fingerprint density at radius 3 is 2.83 bits per heavy atom. The lowest BCUT2D eigenvalue weighted by Crippen LogP contribution is -2.39. The maximum atomic E-state index is 10.7. The van der Waals surface area contributed by atoms with Crippen molar-refractivity contribution in [1.82, 2.24) is 4.90 Å². The fourth-order valence-corrected chi connectivity index (χ4v) is 1.76. The van der Waals surface area contributed by atoms with Crippen molar-refractivity contribution in [1.29, 1.82) is 0 Å². The molecule has 12 heavy (non-hydrogen) atoms. The molecule has 0 aromatic carbocycles. The molecular weight excluding hydrogens is 158 g/mol. The SMILES string of the molecule is CC1CCC(CC=O)N1C(=O)O. The molecule has 0 aliphatic carbocycles. The van der Waals surface area contributed by atoms with Crippen LogP contribution in [0.1, 0.15) is 26.2 Å². The van der Waals surface area contributed by atoms with E-state index in [1.54, 1.807) is 0 Å². The molecule has 68 valence electrons. The second-order valence-electron chi connectivity index (χ2n) is 3.17. The number of amides is 1. The van der Waals surface area contributed by atoms with Crippen molar-refractivity contribution in [2.24, 2.45) is 0 Å². The molecule has 4 heteroatoms. The maximum absolute atomic E-state index is 10.7. The minimum atomic E-state index is -0.910. The first-order valence-corrected chi connectivity index (χ1v) is 4.11. The van der Waals surface area contributed by atoms with Gasteiger partial charge in [0.15, 0.2) is 0 Å². The predicted octanol–water partition coefficient (Wildman–Crippen LogP) is 1.11. The molecule has 2 atom stereocenters. The monoisotopic (exact) mass is 171 g/mol. The van der Waals surface area contributed by atoms with E-state index in [0.29, 0.717) is 6.42 Å². The Bertz CT molecular complexity index is 193. The Hall–Kier alpha value is -1.06. The largest absolute Gasteiger partial charge is 0.465 e. The van der Waals surface area contributed by atoms with Crippen LogP contribution in [0.25, 0.3) is 0 Å². The first kappa shape index (κ1) is 9.03. The van der Waals surface area contributed by atoms with Crippen molar-refractivity contribution in [2.75, 3.05) is 0 Å². The van der Waals surface area contributed by atoms with Gasteiger partial charge in [0, 0.05) is 18.5 Å². The van der Waals surface area contributed by atoms with Gasteiger partial charge >= 0.3 is 6.09 Å². The number of nitrogens with zero attached hydrogens (tertiary/aromatic N) is 1. The zero-order chi connectivity index (χ0) is 9.14. The number of rotatable bonds is 2. The summed E-state index contributed by atoms with van der Waals surface area (Å²) in [5, 5.41) is 8.79. The highest BCUT2D eigenvalue weighted by atomic mass is 16.4. The van der Waals surface area contributed by atoms with E-state index in [4.69, 9.17) is 5.11 Å². The summed E-state index contributed by atoms with van der Waals surface area (Å²) in [6.07, 6.45) is 1.89. The van der Waals surface area contributed by atoms with Crippen LogP contribution in [0.15, 0.2) is 0 Å². The summed E-state index contributed by atoms with van der Waals surface area (Å²) in [5.74, 6) is 0. The Kier molecular flexibility index (Phi) is 2.68. The molecular formula is C8H13NO3. The topological polar surface area (TPSA) is 57.6 Å². The van der Waals surface area contributed by atoms with Gasteiger partial charge in [-0.15, -0.1) is 0 Å². The second-order valence-corrected chi connectivity index (χ2v) is 3.17. The van der Waals surface area contributed by atoms with Crippen LogP contribution in [0.5, 0.6) is 0 Å². The van der Waals surface area contributed by atoms with Crippen LogP contribution in [0.2, 0.25) is 0 Å². The zero-order valence-corrected chi connectivity index (χ0v) is 7.06. The van der Waals surface area contributed by atoms with Gasteiger partial charge in [-0.2, -0.15) is 0 Å². The first-order chi connectivity index (χ1) is 5.66. The molecule has 0 radical (unpaired) electrons. The summed E-state index contributed by atoms with van der Waals surface area (Å²) in [5.41, 5.74) is 0. The smallest absolute Gasteiger partial charge is 0.407 e. The summed E-state index contributed by atoms with van der Waals surface area (Å²) in [6, 6.07) is -0.0255. The number of carbonyl (C=O) groups is 2. The van der Waals surface area contributed by atoms with E-state index in [1.165, 1.54) is 4.90 Å². The van der Waals surface area contributed by atoms with Gasteiger partial charge in [-0.1, -0.05) is 0 Å². The number of hydrogen-bond donors (Lipinski definition) is 1. The van der Waals surface area contributed by atoms with Crippen LogP contribution in [0.4, 0.5) is 4.79 Å². The molecule has 0 saturated carbocycles. The van der Waals surface area contributed by atoms with Crippen LogP contribution >= 0.6 is 0 Å². The van der Waals surface area contributed by atoms with Gasteiger partial charge in [-0.25, -0.2) is 4.79 Å². The van der Waals surface area contributed by atoms with E-state index in [9.17, 15) is 9.59 Å². The average molecular weight is 171 g/mol. The average Bonchev–Trinajstić information content (AvgIpc) is 2.32. The fraction of sp³-hybridized carbons (Fsp3) is 0.750. The molecule has 0 bridgehead atoms. The van der Waals surface area contributed by atoms with E-state index < -0.39 is 6.09 Å². The Labute approximate surface area is 71.2 Å². The summed E-state index contributed by atoms with van der Waals surface area (Å²) in [7, 11) is 0. The molecule has 0 spiro atoms.